The molecular weight excluding hydrogens is 667 g/mol. The molecule has 0 radical (unpaired) electrons. The third kappa shape index (κ3) is 35.5. The number of ether oxygens (including phenoxy) is 1. The molecule has 0 aliphatic carbocycles. The second kappa shape index (κ2) is 43.2. The van der Waals surface area contributed by atoms with E-state index in [9.17, 15) is 14.7 Å². The van der Waals surface area contributed by atoms with Gasteiger partial charge in [-0.1, -0.05) is 195 Å². The number of hydrogen-bond acceptors (Lipinski definition) is 5. The third-order valence-corrected chi connectivity index (χ3v) is 11.8. The summed E-state index contributed by atoms with van der Waals surface area (Å²) in [6, 6.07) is 0. The van der Waals surface area contributed by atoms with Crippen LogP contribution in [0, 0.1) is 11.8 Å². The van der Waals surface area contributed by atoms with E-state index in [4.69, 9.17) is 4.74 Å². The van der Waals surface area contributed by atoms with Gasteiger partial charge in [-0.05, 0) is 70.9 Å². The van der Waals surface area contributed by atoms with Gasteiger partial charge in [-0.2, -0.15) is 0 Å². The maximum Gasteiger partial charge on any atom is 0.308 e. The van der Waals surface area contributed by atoms with Crippen molar-refractivity contribution in [1.29, 1.82) is 0 Å². The molecule has 0 bridgehead atoms. The van der Waals surface area contributed by atoms with Gasteiger partial charge in [0, 0.05) is 25.5 Å². The van der Waals surface area contributed by atoms with Crippen molar-refractivity contribution in [3.05, 3.63) is 0 Å². The summed E-state index contributed by atoms with van der Waals surface area (Å²) in [6.45, 7) is 13.1. The lowest BCUT2D eigenvalue weighted by Crippen LogP contribution is -2.28. The minimum absolute atomic E-state index is 0.0596. The third-order valence-electron chi connectivity index (χ3n) is 11.8. The van der Waals surface area contributed by atoms with Gasteiger partial charge in [0.2, 0.25) is 0 Å². The zero-order chi connectivity index (χ0) is 39.6. The number of unbranched alkanes of at least 4 members (excludes halogenated alkanes) is 24. The number of carbonyl (C=O) groups excluding carboxylic acids is 2. The van der Waals surface area contributed by atoms with Crippen LogP contribution in [0.5, 0.6) is 0 Å². The molecule has 0 aromatic heterocycles. The van der Waals surface area contributed by atoms with Gasteiger partial charge >= 0.3 is 5.97 Å². The van der Waals surface area contributed by atoms with Crippen molar-refractivity contribution in [2.45, 2.75) is 259 Å². The van der Waals surface area contributed by atoms with Crippen molar-refractivity contribution < 1.29 is 19.4 Å². The molecule has 0 aromatic rings. The highest BCUT2D eigenvalue weighted by Crippen LogP contribution is 2.23. The van der Waals surface area contributed by atoms with E-state index in [-0.39, 0.29) is 18.5 Å². The Balaban J connectivity index is 4.24. The summed E-state index contributed by atoms with van der Waals surface area (Å²) in [5.41, 5.74) is 0. The molecule has 0 rings (SSSR count). The van der Waals surface area contributed by atoms with E-state index in [0.29, 0.717) is 18.3 Å². The number of aliphatic hydroxyl groups is 1. The number of esters is 1. The van der Waals surface area contributed by atoms with Crippen molar-refractivity contribution in [1.82, 2.24) is 4.90 Å². The predicted molar refractivity (Wildman–Crippen MR) is 235 cm³/mol. The first-order valence-corrected chi connectivity index (χ1v) is 24.6. The number of aliphatic hydroxyl groups excluding tert-OH is 1. The number of hydrogen-bond donors (Lipinski definition) is 1. The smallest absolute Gasteiger partial charge is 0.308 e. The molecule has 5 nitrogen and oxygen atoms in total. The Bertz CT molecular complexity index is 773. The van der Waals surface area contributed by atoms with Gasteiger partial charge in [0.05, 0.1) is 12.5 Å². The molecule has 0 aliphatic heterocycles. The maximum atomic E-state index is 13.1. The van der Waals surface area contributed by atoms with E-state index in [2.05, 4.69) is 32.6 Å². The van der Waals surface area contributed by atoms with E-state index >= 15 is 0 Å². The van der Waals surface area contributed by atoms with Crippen molar-refractivity contribution in [2.24, 2.45) is 11.8 Å². The molecule has 54 heavy (non-hydrogen) atoms. The lowest BCUT2D eigenvalue weighted by Gasteiger charge is -2.22. The number of ketones is 1. The molecule has 0 spiro atoms. The fourth-order valence-corrected chi connectivity index (χ4v) is 8.08. The number of nitrogens with zero attached hydrogens (tertiary/aromatic N) is 1. The first-order valence-electron chi connectivity index (χ1n) is 24.6. The van der Waals surface area contributed by atoms with Crippen molar-refractivity contribution in [2.75, 3.05) is 32.8 Å². The summed E-state index contributed by atoms with van der Waals surface area (Å²) in [5, 5.41) is 9.45. The molecule has 0 fully saturated rings. The molecular formula is C49H97NO4. The second-order valence-corrected chi connectivity index (χ2v) is 17.0. The highest BCUT2D eigenvalue weighted by Gasteiger charge is 2.20. The summed E-state index contributed by atoms with van der Waals surface area (Å²) < 4.78 is 5.82. The Labute approximate surface area is 338 Å². The number of rotatable bonds is 45. The molecule has 5 heteroatoms. The van der Waals surface area contributed by atoms with E-state index in [0.717, 1.165) is 90.3 Å². The lowest BCUT2D eigenvalue weighted by molar-refractivity contribution is -0.149. The molecule has 0 amide bonds. The van der Waals surface area contributed by atoms with E-state index < -0.39 is 0 Å². The topological polar surface area (TPSA) is 66.8 Å². The minimum atomic E-state index is 0.0596. The molecule has 1 N–H and O–H groups in total. The van der Waals surface area contributed by atoms with E-state index in [1.165, 1.54) is 161 Å². The Morgan fingerprint density at radius 2 is 0.778 bits per heavy atom. The molecule has 0 saturated carbocycles. The molecule has 0 aromatic carbocycles. The van der Waals surface area contributed by atoms with Crippen LogP contribution in [-0.4, -0.2) is 54.6 Å². The van der Waals surface area contributed by atoms with Gasteiger partial charge in [0.25, 0.3) is 0 Å². The zero-order valence-electron chi connectivity index (χ0n) is 37.3. The normalized spacial score (nSPS) is 12.8. The summed E-state index contributed by atoms with van der Waals surface area (Å²) in [7, 11) is 0. The average molecular weight is 764 g/mol. The van der Waals surface area contributed by atoms with Gasteiger partial charge in [0.15, 0.2) is 0 Å². The Morgan fingerprint density at radius 1 is 0.426 bits per heavy atom. The molecule has 0 aliphatic rings. The minimum Gasteiger partial charge on any atom is -0.465 e. The van der Waals surface area contributed by atoms with Crippen LogP contribution in [-0.2, 0) is 14.3 Å². The van der Waals surface area contributed by atoms with Crippen LogP contribution in [0.15, 0.2) is 0 Å². The van der Waals surface area contributed by atoms with Gasteiger partial charge in [-0.15, -0.1) is 0 Å². The SMILES string of the molecule is CCCCCCCCC(CCCCCC)C(=O)CCCCCCCCN(CCCO)CCCCCCOC(=O)C(CCCCCC)CCCCCCCC. The van der Waals surface area contributed by atoms with Crippen molar-refractivity contribution in [3.8, 4) is 0 Å². The first kappa shape index (κ1) is 53.1. The second-order valence-electron chi connectivity index (χ2n) is 17.0. The lowest BCUT2D eigenvalue weighted by atomic mass is 9.88. The zero-order valence-corrected chi connectivity index (χ0v) is 37.3. The Hall–Kier alpha value is -0.940. The standard InChI is InChI=1S/C49H97NO4/c1-5-9-13-17-21-29-37-46(36-27-15-11-7-3)48(52)40-31-23-19-20-24-32-41-50(43-35-44-51)42-33-25-26-34-45-54-49(53)47(38-28-16-12-8-4)39-30-22-18-14-10-6-2/h46-47,51H,5-45H2,1-4H3. The van der Waals surface area contributed by atoms with Gasteiger partial charge < -0.3 is 14.7 Å². The van der Waals surface area contributed by atoms with Crippen LogP contribution >= 0.6 is 0 Å². The first-order chi connectivity index (χ1) is 26.5. The number of carbonyl (C=O) groups is 2. The van der Waals surface area contributed by atoms with Crippen molar-refractivity contribution in [3.63, 3.8) is 0 Å². The molecule has 2 atom stereocenters. The highest BCUT2D eigenvalue weighted by molar-refractivity contribution is 5.80. The van der Waals surface area contributed by atoms with Crippen LogP contribution in [0.2, 0.25) is 0 Å². The molecule has 0 heterocycles. The van der Waals surface area contributed by atoms with Crippen LogP contribution < -0.4 is 0 Å². The molecule has 2 unspecified atom stereocenters. The van der Waals surface area contributed by atoms with E-state index in [1.807, 2.05) is 0 Å². The fourth-order valence-electron chi connectivity index (χ4n) is 8.08. The fraction of sp³-hybridized carbons (Fsp3) is 0.959. The van der Waals surface area contributed by atoms with Crippen LogP contribution in [0.25, 0.3) is 0 Å². The van der Waals surface area contributed by atoms with Gasteiger partial charge in [-0.25, -0.2) is 0 Å². The van der Waals surface area contributed by atoms with Crippen molar-refractivity contribution >= 4 is 11.8 Å². The maximum absolute atomic E-state index is 13.1. The van der Waals surface area contributed by atoms with Crippen LogP contribution in [0.1, 0.15) is 259 Å². The van der Waals surface area contributed by atoms with Gasteiger partial charge in [0.1, 0.15) is 5.78 Å². The summed E-state index contributed by atoms with van der Waals surface area (Å²) >= 11 is 0. The Kier molecular flexibility index (Phi) is 42.4. The molecule has 322 valence electrons. The monoisotopic (exact) mass is 764 g/mol. The number of Topliss-reactive ketones (excluding diaryl/α,β-unsaturated/α-hetero) is 1. The largest absolute Gasteiger partial charge is 0.465 e. The summed E-state index contributed by atoms with van der Waals surface area (Å²) in [4.78, 5) is 28.6. The highest BCUT2D eigenvalue weighted by atomic mass is 16.5. The molecule has 0 saturated heterocycles. The average Bonchev–Trinajstić information content (AvgIpc) is 3.18. The predicted octanol–water partition coefficient (Wildman–Crippen LogP) is 14.7. The van der Waals surface area contributed by atoms with Crippen LogP contribution in [0.4, 0.5) is 0 Å². The quantitative estimate of drug-likeness (QED) is 0.0494. The van der Waals surface area contributed by atoms with Crippen LogP contribution in [0.3, 0.4) is 0 Å². The summed E-state index contributed by atoms with van der Waals surface area (Å²) in [5.74, 6) is 1.03. The van der Waals surface area contributed by atoms with E-state index in [1.54, 1.807) is 0 Å². The summed E-state index contributed by atoms with van der Waals surface area (Å²) in [6.07, 6.45) is 43.0. The van der Waals surface area contributed by atoms with Gasteiger partial charge in [-0.3, -0.25) is 9.59 Å². The Morgan fingerprint density at radius 3 is 1.24 bits per heavy atom.